The first-order chi connectivity index (χ1) is 10.1. The molecule has 0 aliphatic heterocycles. The van der Waals surface area contributed by atoms with Crippen molar-refractivity contribution >= 4 is 21.8 Å². The molecular formula is C16H13BrN2O2. The van der Waals surface area contributed by atoms with Crippen molar-refractivity contribution in [1.82, 2.24) is 5.32 Å². The maximum Gasteiger partial charge on any atom is 0.251 e. The zero-order valence-electron chi connectivity index (χ0n) is 11.4. The zero-order chi connectivity index (χ0) is 15.2. The number of nitrogens with one attached hydrogen (secondary N) is 1. The van der Waals surface area contributed by atoms with Gasteiger partial charge in [0, 0.05) is 12.1 Å². The average Bonchev–Trinajstić information content (AvgIpc) is 2.52. The van der Waals surface area contributed by atoms with Gasteiger partial charge in [-0.2, -0.15) is 5.26 Å². The van der Waals surface area contributed by atoms with Gasteiger partial charge in [0.15, 0.2) is 0 Å². The summed E-state index contributed by atoms with van der Waals surface area (Å²) in [4.78, 5) is 12.0. The highest BCUT2D eigenvalue weighted by molar-refractivity contribution is 9.10. The van der Waals surface area contributed by atoms with Gasteiger partial charge in [0.2, 0.25) is 0 Å². The molecule has 21 heavy (non-hydrogen) atoms. The van der Waals surface area contributed by atoms with Gasteiger partial charge < -0.3 is 10.1 Å². The minimum Gasteiger partial charge on any atom is -0.496 e. The molecule has 2 aromatic carbocycles. The molecule has 5 heteroatoms. The summed E-state index contributed by atoms with van der Waals surface area (Å²) in [6.45, 7) is 0.401. The molecule has 4 nitrogen and oxygen atoms in total. The molecule has 2 aromatic rings. The first-order valence-corrected chi connectivity index (χ1v) is 7.04. The van der Waals surface area contributed by atoms with Gasteiger partial charge in [0.05, 0.1) is 23.2 Å². The summed E-state index contributed by atoms with van der Waals surface area (Å²) in [5.41, 5.74) is 1.89. The van der Waals surface area contributed by atoms with Gasteiger partial charge in [0.25, 0.3) is 5.91 Å². The molecule has 0 atom stereocenters. The number of hydrogen-bond donors (Lipinski definition) is 1. The monoisotopic (exact) mass is 344 g/mol. The Hall–Kier alpha value is -2.32. The van der Waals surface area contributed by atoms with Crippen molar-refractivity contribution in [2.45, 2.75) is 6.54 Å². The van der Waals surface area contributed by atoms with Crippen LogP contribution in [0, 0.1) is 11.3 Å². The molecule has 2 rings (SSSR count). The lowest BCUT2D eigenvalue weighted by Gasteiger charge is -2.08. The zero-order valence-corrected chi connectivity index (χ0v) is 13.0. The molecule has 0 heterocycles. The second-order valence-electron chi connectivity index (χ2n) is 4.34. The second-order valence-corrected chi connectivity index (χ2v) is 5.20. The summed E-state index contributed by atoms with van der Waals surface area (Å²) in [6.07, 6.45) is 0. The van der Waals surface area contributed by atoms with Crippen LogP contribution in [0.3, 0.4) is 0 Å². The van der Waals surface area contributed by atoms with E-state index in [0.29, 0.717) is 17.7 Å². The molecule has 0 bridgehead atoms. The van der Waals surface area contributed by atoms with Crippen molar-refractivity contribution in [3.63, 3.8) is 0 Å². The minimum atomic E-state index is -0.209. The van der Waals surface area contributed by atoms with Gasteiger partial charge in [-0.15, -0.1) is 0 Å². The molecule has 1 N–H and O–H groups in total. The maximum atomic E-state index is 12.0. The van der Waals surface area contributed by atoms with E-state index < -0.39 is 0 Å². The number of carbonyl (C=O) groups excluding carboxylic acids is 1. The molecular weight excluding hydrogens is 332 g/mol. The largest absolute Gasteiger partial charge is 0.496 e. The van der Waals surface area contributed by atoms with Gasteiger partial charge in [0.1, 0.15) is 5.75 Å². The molecule has 0 spiro atoms. The van der Waals surface area contributed by atoms with Crippen LogP contribution in [-0.2, 0) is 6.54 Å². The normalized spacial score (nSPS) is 9.76. The third kappa shape index (κ3) is 3.83. The van der Waals surface area contributed by atoms with Crippen molar-refractivity contribution in [2.24, 2.45) is 0 Å². The molecule has 0 saturated heterocycles. The highest BCUT2D eigenvalue weighted by Gasteiger charge is 2.07. The quantitative estimate of drug-likeness (QED) is 0.925. The van der Waals surface area contributed by atoms with Gasteiger partial charge in [-0.05, 0) is 51.8 Å². The van der Waals surface area contributed by atoms with E-state index in [9.17, 15) is 4.79 Å². The van der Waals surface area contributed by atoms with Crippen LogP contribution in [0.4, 0.5) is 0 Å². The van der Waals surface area contributed by atoms with Crippen molar-refractivity contribution < 1.29 is 9.53 Å². The van der Waals surface area contributed by atoms with E-state index in [1.54, 1.807) is 31.4 Å². The predicted octanol–water partition coefficient (Wildman–Crippen LogP) is 3.26. The van der Waals surface area contributed by atoms with Gasteiger partial charge >= 0.3 is 0 Å². The molecule has 106 valence electrons. The van der Waals surface area contributed by atoms with Crippen molar-refractivity contribution in [3.8, 4) is 11.8 Å². The van der Waals surface area contributed by atoms with Gasteiger partial charge in [-0.25, -0.2) is 0 Å². The van der Waals surface area contributed by atoms with E-state index in [1.165, 1.54) is 0 Å². The summed E-state index contributed by atoms with van der Waals surface area (Å²) >= 11 is 3.40. The number of methoxy groups -OCH3 is 1. The third-order valence-corrected chi connectivity index (χ3v) is 3.54. The van der Waals surface area contributed by atoms with Crippen molar-refractivity contribution in [3.05, 3.63) is 63.6 Å². The van der Waals surface area contributed by atoms with Crippen LogP contribution in [-0.4, -0.2) is 13.0 Å². The van der Waals surface area contributed by atoms with Crippen molar-refractivity contribution in [1.29, 1.82) is 5.26 Å². The highest BCUT2D eigenvalue weighted by Crippen LogP contribution is 2.25. The van der Waals surface area contributed by atoms with Crippen LogP contribution in [0.2, 0.25) is 0 Å². The molecule has 0 aliphatic carbocycles. The fourth-order valence-corrected chi connectivity index (χ4v) is 2.42. The number of carbonyl (C=O) groups is 1. The topological polar surface area (TPSA) is 62.1 Å². The highest BCUT2D eigenvalue weighted by atomic mass is 79.9. The third-order valence-electron chi connectivity index (χ3n) is 2.92. The smallest absolute Gasteiger partial charge is 0.251 e. The maximum absolute atomic E-state index is 12.0. The van der Waals surface area contributed by atoms with E-state index in [2.05, 4.69) is 21.2 Å². The van der Waals surface area contributed by atoms with Gasteiger partial charge in [-0.1, -0.05) is 12.1 Å². The summed E-state index contributed by atoms with van der Waals surface area (Å²) < 4.78 is 5.99. The Morgan fingerprint density at radius 3 is 2.81 bits per heavy atom. The number of ether oxygens (including phenoxy) is 1. The van der Waals surface area contributed by atoms with E-state index in [0.717, 1.165) is 15.8 Å². The van der Waals surface area contributed by atoms with E-state index >= 15 is 0 Å². The Morgan fingerprint density at radius 1 is 1.33 bits per heavy atom. The summed E-state index contributed by atoms with van der Waals surface area (Å²) in [5, 5.41) is 11.7. The second kappa shape index (κ2) is 6.91. The Kier molecular flexibility index (Phi) is 4.96. The first-order valence-electron chi connectivity index (χ1n) is 6.25. The Balaban J connectivity index is 2.04. The molecule has 0 fully saturated rings. The number of nitrogens with zero attached hydrogens (tertiary/aromatic N) is 1. The van der Waals surface area contributed by atoms with E-state index in [4.69, 9.17) is 10.00 Å². The SMILES string of the molecule is COc1ccc(CNC(=O)c2cccc(C#N)c2)cc1Br. The lowest BCUT2D eigenvalue weighted by Crippen LogP contribution is -2.22. The fourth-order valence-electron chi connectivity index (χ4n) is 1.83. The molecule has 0 aromatic heterocycles. The van der Waals surface area contributed by atoms with E-state index in [-0.39, 0.29) is 5.91 Å². The number of halogens is 1. The average molecular weight is 345 g/mol. The summed E-state index contributed by atoms with van der Waals surface area (Å²) in [5.74, 6) is 0.533. The molecule has 0 unspecified atom stereocenters. The van der Waals surface area contributed by atoms with Crippen LogP contribution in [0.5, 0.6) is 5.75 Å². The Bertz CT molecular complexity index is 708. The number of hydrogen-bond acceptors (Lipinski definition) is 3. The summed E-state index contributed by atoms with van der Waals surface area (Å²) in [7, 11) is 1.60. The van der Waals surface area contributed by atoms with Crippen LogP contribution >= 0.6 is 15.9 Å². The van der Waals surface area contributed by atoms with Crippen LogP contribution < -0.4 is 10.1 Å². The molecule has 0 aliphatic rings. The number of rotatable bonds is 4. The van der Waals surface area contributed by atoms with E-state index in [1.807, 2.05) is 24.3 Å². The fraction of sp³-hybridized carbons (Fsp3) is 0.125. The lowest BCUT2D eigenvalue weighted by molar-refractivity contribution is 0.0951. The number of nitriles is 1. The molecule has 0 saturated carbocycles. The Morgan fingerprint density at radius 2 is 2.14 bits per heavy atom. The van der Waals surface area contributed by atoms with Crippen molar-refractivity contribution in [2.75, 3.05) is 7.11 Å². The first kappa shape index (κ1) is 15.1. The number of benzene rings is 2. The van der Waals surface area contributed by atoms with Gasteiger partial charge in [-0.3, -0.25) is 4.79 Å². The summed E-state index contributed by atoms with van der Waals surface area (Å²) in [6, 6.07) is 14.2. The standard InChI is InChI=1S/C16H13BrN2O2/c1-21-15-6-5-12(8-14(15)17)10-19-16(20)13-4-2-3-11(7-13)9-18/h2-8H,10H2,1H3,(H,19,20). The van der Waals surface area contributed by atoms with Crippen LogP contribution in [0.1, 0.15) is 21.5 Å². The lowest BCUT2D eigenvalue weighted by atomic mass is 10.1. The number of amides is 1. The minimum absolute atomic E-state index is 0.209. The van der Waals surface area contributed by atoms with Crippen LogP contribution in [0.25, 0.3) is 0 Å². The Labute approximate surface area is 131 Å². The van der Waals surface area contributed by atoms with Crippen LogP contribution in [0.15, 0.2) is 46.9 Å². The molecule has 0 radical (unpaired) electrons. The predicted molar refractivity (Wildman–Crippen MR) is 83.0 cm³/mol. The molecule has 1 amide bonds.